The van der Waals surface area contributed by atoms with Crippen molar-refractivity contribution >= 4 is 12.0 Å². The highest BCUT2D eigenvalue weighted by Gasteiger charge is 2.32. The summed E-state index contributed by atoms with van der Waals surface area (Å²) in [6, 6.07) is -0.864. The fraction of sp³-hybridized carbons (Fsp3) is 0.857. The molecule has 2 rings (SSSR count). The SMILES string of the molecule is CN1CCC(CNC(=O)N2CCCCC2C(=O)O)CC1. The summed E-state index contributed by atoms with van der Waals surface area (Å²) in [4.78, 5) is 27.1. The van der Waals surface area contributed by atoms with E-state index in [4.69, 9.17) is 0 Å². The van der Waals surface area contributed by atoms with Crippen LogP contribution >= 0.6 is 0 Å². The third-order valence-corrected chi connectivity index (χ3v) is 4.43. The van der Waals surface area contributed by atoms with Crippen LogP contribution in [0.1, 0.15) is 32.1 Å². The monoisotopic (exact) mass is 283 g/mol. The van der Waals surface area contributed by atoms with Crippen LogP contribution in [0.3, 0.4) is 0 Å². The van der Waals surface area contributed by atoms with E-state index >= 15 is 0 Å². The van der Waals surface area contributed by atoms with Gasteiger partial charge in [-0.3, -0.25) is 0 Å². The molecule has 2 aliphatic heterocycles. The fourth-order valence-electron chi connectivity index (χ4n) is 3.03. The molecule has 6 heteroatoms. The maximum absolute atomic E-state index is 12.2. The molecular weight excluding hydrogens is 258 g/mol. The number of hydrogen-bond donors (Lipinski definition) is 2. The molecule has 6 nitrogen and oxygen atoms in total. The van der Waals surface area contributed by atoms with Gasteiger partial charge in [-0.05, 0) is 58.2 Å². The minimum absolute atomic E-state index is 0.212. The minimum Gasteiger partial charge on any atom is -0.480 e. The molecule has 2 heterocycles. The fourth-order valence-corrected chi connectivity index (χ4v) is 3.03. The number of rotatable bonds is 3. The molecule has 2 fully saturated rings. The van der Waals surface area contributed by atoms with Gasteiger partial charge in [0, 0.05) is 13.1 Å². The Kier molecular flexibility index (Phi) is 5.23. The zero-order valence-corrected chi connectivity index (χ0v) is 12.2. The van der Waals surface area contributed by atoms with E-state index in [9.17, 15) is 14.7 Å². The first-order valence-corrected chi connectivity index (χ1v) is 7.53. The summed E-state index contributed by atoms with van der Waals surface area (Å²) in [6.45, 7) is 3.36. The third kappa shape index (κ3) is 3.85. The van der Waals surface area contributed by atoms with Gasteiger partial charge in [0.2, 0.25) is 0 Å². The molecule has 0 radical (unpaired) electrons. The Morgan fingerprint density at radius 3 is 2.50 bits per heavy atom. The lowest BCUT2D eigenvalue weighted by Crippen LogP contribution is -2.52. The van der Waals surface area contributed by atoms with Crippen LogP contribution in [0.5, 0.6) is 0 Å². The van der Waals surface area contributed by atoms with Crippen molar-refractivity contribution in [3.63, 3.8) is 0 Å². The van der Waals surface area contributed by atoms with E-state index in [0.717, 1.165) is 38.8 Å². The minimum atomic E-state index is -0.890. The molecule has 2 amide bonds. The molecule has 0 aliphatic carbocycles. The number of carboxylic acids is 1. The number of aliphatic carboxylic acids is 1. The van der Waals surface area contributed by atoms with Crippen LogP contribution in [0.25, 0.3) is 0 Å². The van der Waals surface area contributed by atoms with Crippen molar-refractivity contribution in [1.29, 1.82) is 0 Å². The van der Waals surface area contributed by atoms with Crippen molar-refractivity contribution in [2.75, 3.05) is 33.2 Å². The normalized spacial score (nSPS) is 25.4. The van der Waals surface area contributed by atoms with Crippen LogP contribution < -0.4 is 5.32 Å². The van der Waals surface area contributed by atoms with E-state index in [2.05, 4.69) is 17.3 Å². The average molecular weight is 283 g/mol. The van der Waals surface area contributed by atoms with Crippen molar-refractivity contribution in [2.45, 2.75) is 38.1 Å². The Morgan fingerprint density at radius 2 is 1.85 bits per heavy atom. The second-order valence-corrected chi connectivity index (χ2v) is 5.98. The Bertz CT molecular complexity index is 354. The van der Waals surface area contributed by atoms with Gasteiger partial charge in [0.15, 0.2) is 0 Å². The number of piperidine rings is 2. The number of carbonyl (C=O) groups is 2. The van der Waals surface area contributed by atoms with Gasteiger partial charge in [0.25, 0.3) is 0 Å². The first-order chi connectivity index (χ1) is 9.58. The van der Waals surface area contributed by atoms with Crippen molar-refractivity contribution in [3.8, 4) is 0 Å². The van der Waals surface area contributed by atoms with Crippen molar-refractivity contribution < 1.29 is 14.7 Å². The third-order valence-electron chi connectivity index (χ3n) is 4.43. The molecule has 114 valence electrons. The van der Waals surface area contributed by atoms with E-state index in [1.165, 1.54) is 4.90 Å². The van der Waals surface area contributed by atoms with Gasteiger partial charge in [-0.25, -0.2) is 9.59 Å². The molecule has 0 aromatic carbocycles. The first kappa shape index (κ1) is 15.1. The number of nitrogens with one attached hydrogen (secondary N) is 1. The second kappa shape index (κ2) is 6.92. The summed E-state index contributed by atoms with van der Waals surface area (Å²) in [5.41, 5.74) is 0. The topological polar surface area (TPSA) is 72.9 Å². The summed E-state index contributed by atoms with van der Waals surface area (Å²) in [5.74, 6) is -0.373. The molecule has 20 heavy (non-hydrogen) atoms. The van der Waals surface area contributed by atoms with E-state index < -0.39 is 12.0 Å². The largest absolute Gasteiger partial charge is 0.480 e. The van der Waals surface area contributed by atoms with E-state index in [1.54, 1.807) is 0 Å². The molecule has 2 aliphatic rings. The van der Waals surface area contributed by atoms with E-state index in [1.807, 2.05) is 0 Å². The van der Waals surface area contributed by atoms with Gasteiger partial charge in [-0.15, -0.1) is 0 Å². The van der Waals surface area contributed by atoms with Gasteiger partial charge >= 0.3 is 12.0 Å². The zero-order chi connectivity index (χ0) is 14.5. The van der Waals surface area contributed by atoms with Crippen molar-refractivity contribution in [3.05, 3.63) is 0 Å². The van der Waals surface area contributed by atoms with E-state index in [0.29, 0.717) is 25.4 Å². The standard InChI is InChI=1S/C14H25N3O3/c1-16-8-5-11(6-9-16)10-15-14(20)17-7-3-2-4-12(17)13(18)19/h11-12H,2-10H2,1H3,(H,15,20)(H,18,19). The lowest BCUT2D eigenvalue weighted by molar-refractivity contribution is -0.143. The smallest absolute Gasteiger partial charge is 0.326 e. The van der Waals surface area contributed by atoms with Gasteiger partial charge in [-0.1, -0.05) is 0 Å². The van der Waals surface area contributed by atoms with Crippen molar-refractivity contribution in [1.82, 2.24) is 15.1 Å². The summed E-state index contributed by atoms with van der Waals surface area (Å²) in [6.07, 6.45) is 4.54. The molecule has 1 unspecified atom stereocenters. The molecule has 0 bridgehead atoms. The summed E-state index contributed by atoms with van der Waals surface area (Å²) < 4.78 is 0. The average Bonchev–Trinajstić information content (AvgIpc) is 2.46. The maximum Gasteiger partial charge on any atom is 0.326 e. The van der Waals surface area contributed by atoms with Crippen LogP contribution in [0.2, 0.25) is 0 Å². The highest BCUT2D eigenvalue weighted by Crippen LogP contribution is 2.18. The highest BCUT2D eigenvalue weighted by molar-refractivity contribution is 5.82. The number of likely N-dealkylation sites (tertiary alicyclic amines) is 2. The maximum atomic E-state index is 12.2. The zero-order valence-electron chi connectivity index (χ0n) is 12.2. The van der Waals surface area contributed by atoms with Gasteiger partial charge in [0.05, 0.1) is 0 Å². The lowest BCUT2D eigenvalue weighted by atomic mass is 9.97. The molecule has 0 spiro atoms. The molecule has 1 atom stereocenters. The molecule has 0 aromatic rings. The molecule has 2 N–H and O–H groups in total. The van der Waals surface area contributed by atoms with Crippen LogP contribution in [-0.2, 0) is 4.79 Å². The Hall–Kier alpha value is -1.30. The van der Waals surface area contributed by atoms with Gasteiger partial charge in [0.1, 0.15) is 6.04 Å². The Balaban J connectivity index is 1.79. The summed E-state index contributed by atoms with van der Waals surface area (Å²) in [7, 11) is 2.11. The van der Waals surface area contributed by atoms with Gasteiger partial charge < -0.3 is 20.2 Å². The Labute approximate surface area is 120 Å². The number of carbonyl (C=O) groups excluding carboxylic acids is 1. The summed E-state index contributed by atoms with van der Waals surface area (Å²) >= 11 is 0. The quantitative estimate of drug-likeness (QED) is 0.810. The molecule has 0 saturated carbocycles. The van der Waals surface area contributed by atoms with Crippen LogP contribution in [0.4, 0.5) is 4.79 Å². The Morgan fingerprint density at radius 1 is 1.15 bits per heavy atom. The predicted octanol–water partition coefficient (Wildman–Crippen LogP) is 0.977. The predicted molar refractivity (Wildman–Crippen MR) is 75.6 cm³/mol. The first-order valence-electron chi connectivity index (χ1n) is 7.53. The van der Waals surface area contributed by atoms with Crippen LogP contribution in [-0.4, -0.2) is 66.2 Å². The number of amides is 2. The number of urea groups is 1. The number of nitrogens with zero attached hydrogens (tertiary/aromatic N) is 2. The van der Waals surface area contributed by atoms with Crippen molar-refractivity contribution in [2.24, 2.45) is 5.92 Å². The van der Waals surface area contributed by atoms with Gasteiger partial charge in [-0.2, -0.15) is 0 Å². The lowest BCUT2D eigenvalue weighted by Gasteiger charge is -2.34. The van der Waals surface area contributed by atoms with Crippen LogP contribution in [0.15, 0.2) is 0 Å². The van der Waals surface area contributed by atoms with Crippen LogP contribution in [0, 0.1) is 5.92 Å². The summed E-state index contributed by atoms with van der Waals surface area (Å²) in [5, 5.41) is 12.1. The number of hydrogen-bond acceptors (Lipinski definition) is 3. The van der Waals surface area contributed by atoms with E-state index in [-0.39, 0.29) is 6.03 Å². The number of carboxylic acid groups (broad SMARTS) is 1. The molecule has 2 saturated heterocycles. The molecular formula is C14H25N3O3. The molecule has 0 aromatic heterocycles. The second-order valence-electron chi connectivity index (χ2n) is 5.98. The highest BCUT2D eigenvalue weighted by atomic mass is 16.4.